The molecule has 0 unspecified atom stereocenters. The number of carbonyl (C=O) groups is 1. The van der Waals surface area contributed by atoms with E-state index in [-0.39, 0.29) is 4.90 Å². The third kappa shape index (κ3) is 5.97. The van der Waals surface area contributed by atoms with Crippen LogP contribution in [0.5, 0.6) is 5.75 Å². The number of hydrogen-bond acceptors (Lipinski definition) is 9. The number of carbonyl (C=O) groups excluding carboxylic acids is 1. The third-order valence-electron chi connectivity index (χ3n) is 5.02. The first-order chi connectivity index (χ1) is 17.5. The Bertz CT molecular complexity index is 1700. The lowest BCUT2D eigenvalue weighted by Crippen LogP contribution is -2.24. The molecule has 1 heterocycles. The van der Waals surface area contributed by atoms with Gasteiger partial charge < -0.3 is 9.50 Å². The van der Waals surface area contributed by atoms with Gasteiger partial charge in [-0.1, -0.05) is 24.6 Å². The molecule has 3 rings (SSSR count). The van der Waals surface area contributed by atoms with Crippen molar-refractivity contribution < 1.29 is 47.4 Å². The van der Waals surface area contributed by atoms with Crippen LogP contribution in [0.25, 0.3) is 0 Å². The van der Waals surface area contributed by atoms with E-state index in [1.54, 1.807) is 6.92 Å². The van der Waals surface area contributed by atoms with Gasteiger partial charge in [0.1, 0.15) is 10.6 Å². The largest absolute Gasteiger partial charge is 0.501 e. The Hall–Kier alpha value is -3.50. The number of anilines is 1. The molecule has 0 aliphatic heterocycles. The lowest BCUT2D eigenvalue weighted by Gasteiger charge is -2.16. The maximum Gasteiger partial charge on any atom is 0.501 e. The van der Waals surface area contributed by atoms with Crippen molar-refractivity contribution in [2.24, 2.45) is 0 Å². The number of sulfone groups is 2. The molecular weight excluding hydrogens is 573 g/mol. The van der Waals surface area contributed by atoms with Crippen molar-refractivity contribution in [3.05, 3.63) is 72.1 Å². The fourth-order valence-corrected chi connectivity index (χ4v) is 5.77. The summed E-state index contributed by atoms with van der Waals surface area (Å²) in [5.74, 6) is -2.44. The van der Waals surface area contributed by atoms with Crippen LogP contribution in [0.1, 0.15) is 23.0 Å². The van der Waals surface area contributed by atoms with E-state index in [1.165, 1.54) is 37.3 Å². The van der Waals surface area contributed by atoms with Crippen LogP contribution in [0.4, 0.5) is 18.9 Å². The average molecular weight is 593 g/mol. The number of aryl methyl sites for hydroxylation is 1. The van der Waals surface area contributed by atoms with Crippen LogP contribution >= 0.6 is 0 Å². The van der Waals surface area contributed by atoms with Crippen LogP contribution in [-0.4, -0.2) is 47.4 Å². The number of nitrogens with zero attached hydrogens (tertiary/aromatic N) is 1. The van der Waals surface area contributed by atoms with Crippen LogP contribution in [0, 0.1) is 6.92 Å². The lowest BCUT2D eigenvalue weighted by molar-refractivity contribution is -0.0436. The molecule has 0 saturated carbocycles. The number of halogens is 3. The number of aromatic nitrogens is 1. The SMILES string of the molecule is CCS(=O)(=O)c1cccnc1C(=O)Nc1cc(S(=O)(=O)C(F)(F)F)ccc1OS(=O)(=O)c1ccc(C)cc1. The van der Waals surface area contributed by atoms with Crippen molar-refractivity contribution in [2.45, 2.75) is 34.0 Å². The molecule has 1 amide bonds. The van der Waals surface area contributed by atoms with E-state index in [0.29, 0.717) is 23.8 Å². The summed E-state index contributed by atoms with van der Waals surface area (Å²) in [5, 5.41) is 2.02. The van der Waals surface area contributed by atoms with E-state index in [0.717, 1.165) is 12.3 Å². The van der Waals surface area contributed by atoms with Crippen molar-refractivity contribution >= 4 is 41.4 Å². The minimum Gasteiger partial charge on any atom is -0.377 e. The van der Waals surface area contributed by atoms with Gasteiger partial charge in [-0.3, -0.25) is 4.79 Å². The minimum absolute atomic E-state index is 0.339. The zero-order chi connectivity index (χ0) is 28.5. The van der Waals surface area contributed by atoms with Crippen molar-refractivity contribution in [1.82, 2.24) is 4.98 Å². The van der Waals surface area contributed by atoms with E-state index in [4.69, 9.17) is 4.18 Å². The smallest absolute Gasteiger partial charge is 0.377 e. The molecule has 10 nitrogen and oxygen atoms in total. The van der Waals surface area contributed by atoms with Gasteiger partial charge in [-0.2, -0.15) is 21.6 Å². The third-order valence-corrected chi connectivity index (χ3v) is 9.52. The Morgan fingerprint density at radius 1 is 0.947 bits per heavy atom. The monoisotopic (exact) mass is 592 g/mol. The van der Waals surface area contributed by atoms with Crippen LogP contribution < -0.4 is 9.50 Å². The molecule has 3 aromatic rings. The van der Waals surface area contributed by atoms with E-state index < -0.39 is 73.9 Å². The summed E-state index contributed by atoms with van der Waals surface area (Å²) in [4.78, 5) is 14.5. The van der Waals surface area contributed by atoms with Gasteiger partial charge in [0.2, 0.25) is 0 Å². The normalized spacial score (nSPS) is 12.7. The van der Waals surface area contributed by atoms with Crippen molar-refractivity contribution in [3.8, 4) is 5.75 Å². The standard InChI is InChI=1S/C22H19F3N2O8S3/c1-3-36(29,30)19-5-4-12-26-20(19)21(28)27-17-13-16(37(31,32)22(23,24)25)10-11-18(17)35-38(33,34)15-8-6-14(2)7-9-15/h4-13H,3H2,1-2H3,(H,27,28). The molecule has 204 valence electrons. The fourth-order valence-electron chi connectivity index (χ4n) is 3.00. The summed E-state index contributed by atoms with van der Waals surface area (Å²) in [6.07, 6.45) is 1.08. The first-order valence-corrected chi connectivity index (χ1v) is 15.0. The van der Waals surface area contributed by atoms with E-state index in [2.05, 4.69) is 4.98 Å². The quantitative estimate of drug-likeness (QED) is 0.387. The highest BCUT2D eigenvalue weighted by Crippen LogP contribution is 2.36. The molecule has 0 saturated heterocycles. The van der Waals surface area contributed by atoms with Crippen molar-refractivity contribution in [2.75, 3.05) is 11.1 Å². The van der Waals surface area contributed by atoms with Crippen molar-refractivity contribution in [3.63, 3.8) is 0 Å². The molecule has 0 aliphatic rings. The Labute approximate surface area is 216 Å². The number of amides is 1. The maximum atomic E-state index is 13.1. The van der Waals surface area contributed by atoms with Crippen LogP contribution in [0.3, 0.4) is 0 Å². The molecule has 0 spiro atoms. The lowest BCUT2D eigenvalue weighted by atomic mass is 10.2. The van der Waals surface area contributed by atoms with Gasteiger partial charge in [0.15, 0.2) is 15.6 Å². The predicted octanol–water partition coefficient (Wildman–Crippen LogP) is 3.50. The van der Waals surface area contributed by atoms with E-state index >= 15 is 0 Å². The molecule has 0 fully saturated rings. The molecular formula is C22H19F3N2O8S3. The summed E-state index contributed by atoms with van der Waals surface area (Å²) in [5.41, 5.74) is -6.47. The zero-order valence-corrected chi connectivity index (χ0v) is 22.0. The van der Waals surface area contributed by atoms with Gasteiger partial charge in [-0.05, 0) is 49.4 Å². The van der Waals surface area contributed by atoms with Crippen molar-refractivity contribution in [1.29, 1.82) is 0 Å². The predicted molar refractivity (Wildman–Crippen MR) is 129 cm³/mol. The highest BCUT2D eigenvalue weighted by atomic mass is 32.2. The molecule has 0 radical (unpaired) electrons. The summed E-state index contributed by atoms with van der Waals surface area (Å²) >= 11 is 0. The number of rotatable bonds is 8. The second-order valence-electron chi connectivity index (χ2n) is 7.67. The van der Waals surface area contributed by atoms with Gasteiger partial charge >= 0.3 is 15.6 Å². The minimum atomic E-state index is -5.92. The zero-order valence-electron chi connectivity index (χ0n) is 19.6. The van der Waals surface area contributed by atoms with Crippen LogP contribution in [-0.2, 0) is 29.8 Å². The Morgan fingerprint density at radius 3 is 2.13 bits per heavy atom. The number of pyridine rings is 1. The molecule has 1 aromatic heterocycles. The fraction of sp³-hybridized carbons (Fsp3) is 0.182. The second kappa shape index (κ2) is 10.3. The Kier molecular flexibility index (Phi) is 7.91. The highest BCUT2D eigenvalue weighted by Gasteiger charge is 2.47. The molecule has 38 heavy (non-hydrogen) atoms. The van der Waals surface area contributed by atoms with Crippen LogP contribution in [0.2, 0.25) is 0 Å². The van der Waals surface area contributed by atoms with E-state index in [9.17, 15) is 43.2 Å². The summed E-state index contributed by atoms with van der Waals surface area (Å²) in [6, 6.07) is 9.01. The molecule has 0 aliphatic carbocycles. The topological polar surface area (TPSA) is 154 Å². The van der Waals surface area contributed by atoms with Gasteiger partial charge in [-0.25, -0.2) is 21.8 Å². The Morgan fingerprint density at radius 2 is 1.55 bits per heavy atom. The highest BCUT2D eigenvalue weighted by molar-refractivity contribution is 7.92. The summed E-state index contributed by atoms with van der Waals surface area (Å²) < 4.78 is 119. The van der Waals surface area contributed by atoms with Crippen LogP contribution in [0.15, 0.2) is 75.5 Å². The molecule has 0 atom stereocenters. The van der Waals surface area contributed by atoms with Gasteiger partial charge in [0.05, 0.1) is 21.2 Å². The number of hydrogen-bond donors (Lipinski definition) is 1. The molecule has 2 aromatic carbocycles. The first-order valence-electron chi connectivity index (χ1n) is 10.5. The maximum absolute atomic E-state index is 13.1. The molecule has 1 N–H and O–H groups in total. The van der Waals surface area contributed by atoms with Gasteiger partial charge in [0.25, 0.3) is 15.7 Å². The number of benzene rings is 2. The number of nitrogens with one attached hydrogen (secondary N) is 1. The summed E-state index contributed by atoms with van der Waals surface area (Å²) in [6.45, 7) is 2.99. The number of alkyl halides is 3. The van der Waals surface area contributed by atoms with Gasteiger partial charge in [-0.15, -0.1) is 0 Å². The van der Waals surface area contributed by atoms with Gasteiger partial charge in [0, 0.05) is 6.20 Å². The molecule has 0 bridgehead atoms. The first kappa shape index (κ1) is 29.1. The second-order valence-corrected chi connectivity index (χ2v) is 13.4. The Balaban J connectivity index is 2.14. The summed E-state index contributed by atoms with van der Waals surface area (Å²) in [7, 11) is -14.5. The molecule has 16 heteroatoms. The average Bonchev–Trinajstić information content (AvgIpc) is 2.84. The van der Waals surface area contributed by atoms with E-state index in [1.807, 2.05) is 5.32 Å².